The summed E-state index contributed by atoms with van der Waals surface area (Å²) >= 11 is 3.08. The number of hydrogen-bond donors (Lipinski definition) is 1. The van der Waals surface area contributed by atoms with Crippen molar-refractivity contribution < 1.29 is 14.3 Å². The molecule has 1 aromatic carbocycles. The average Bonchev–Trinajstić information content (AvgIpc) is 3.15. The van der Waals surface area contributed by atoms with Gasteiger partial charge in [0.2, 0.25) is 0 Å². The van der Waals surface area contributed by atoms with Crippen LogP contribution in [0, 0.1) is 32.6 Å². The fourth-order valence-corrected chi connectivity index (χ4v) is 6.97. The van der Waals surface area contributed by atoms with Gasteiger partial charge in [0.1, 0.15) is 10.5 Å². The van der Waals surface area contributed by atoms with Crippen molar-refractivity contribution in [2.45, 2.75) is 33.2 Å². The maximum absolute atomic E-state index is 13.7. The van der Waals surface area contributed by atoms with Gasteiger partial charge in [-0.2, -0.15) is 0 Å². The maximum atomic E-state index is 13.7. The molecule has 1 saturated carbocycles. The molecule has 7 nitrogen and oxygen atoms in total. The van der Waals surface area contributed by atoms with Crippen molar-refractivity contribution in [3.05, 3.63) is 63.9 Å². The molecule has 4 aromatic rings. The molecule has 1 aliphatic heterocycles. The summed E-state index contributed by atoms with van der Waals surface area (Å²) in [6.07, 6.45) is 4.50. The zero-order valence-electron chi connectivity index (χ0n) is 19.8. The van der Waals surface area contributed by atoms with Crippen molar-refractivity contribution in [2.75, 3.05) is 13.1 Å². The smallest absolute Gasteiger partial charge is 0.407 e. The van der Waals surface area contributed by atoms with Gasteiger partial charge in [0.15, 0.2) is 5.75 Å². The summed E-state index contributed by atoms with van der Waals surface area (Å²) in [5.41, 5.74) is 3.59. The van der Waals surface area contributed by atoms with Crippen molar-refractivity contribution >= 4 is 39.5 Å². The molecule has 4 heterocycles. The molecule has 6 rings (SSSR count). The van der Waals surface area contributed by atoms with Crippen molar-refractivity contribution in [3.63, 3.8) is 0 Å². The van der Waals surface area contributed by atoms with Gasteiger partial charge in [-0.1, -0.05) is 29.8 Å². The lowest BCUT2D eigenvalue weighted by Crippen LogP contribution is -2.46. The van der Waals surface area contributed by atoms with Crippen LogP contribution in [0.5, 0.6) is 5.75 Å². The number of nitrogens with one attached hydrogen (secondary N) is 1. The number of carbonyl (C=O) groups excluding carboxylic acids is 2. The Morgan fingerprint density at radius 2 is 2.11 bits per heavy atom. The Morgan fingerprint density at radius 1 is 1.26 bits per heavy atom. The van der Waals surface area contributed by atoms with Gasteiger partial charge in [-0.3, -0.25) is 4.79 Å². The number of aromatic nitrogens is 2. The average molecular weight is 507 g/mol. The Hall–Kier alpha value is -3.17. The number of carbonyl (C=O) groups is 2. The molecule has 2 aliphatic rings. The van der Waals surface area contributed by atoms with Gasteiger partial charge < -0.3 is 19.4 Å². The molecule has 2 amide bonds. The number of thiazole rings is 2. The number of ether oxygens (including phenoxy) is 1. The van der Waals surface area contributed by atoms with Crippen LogP contribution in [0.2, 0.25) is 0 Å². The van der Waals surface area contributed by atoms with E-state index in [-0.39, 0.29) is 11.9 Å². The second kappa shape index (κ2) is 8.49. The first kappa shape index (κ1) is 22.3. The quantitative estimate of drug-likeness (QED) is 0.399. The first-order valence-electron chi connectivity index (χ1n) is 11.7. The number of aryl methyl sites for hydroxylation is 3. The van der Waals surface area contributed by atoms with Crippen molar-refractivity contribution in [1.82, 2.24) is 19.6 Å². The van der Waals surface area contributed by atoms with Gasteiger partial charge in [0.25, 0.3) is 5.91 Å². The number of rotatable bonds is 5. The van der Waals surface area contributed by atoms with Crippen LogP contribution in [0.3, 0.4) is 0 Å². The van der Waals surface area contributed by atoms with Crippen LogP contribution in [0.15, 0.2) is 42.0 Å². The highest BCUT2D eigenvalue weighted by Gasteiger charge is 2.54. The molecule has 1 saturated heterocycles. The van der Waals surface area contributed by atoms with Crippen LogP contribution in [0.1, 0.15) is 33.0 Å². The van der Waals surface area contributed by atoms with Gasteiger partial charge in [-0.15, -0.1) is 22.7 Å². The van der Waals surface area contributed by atoms with E-state index in [0.717, 1.165) is 37.8 Å². The lowest BCUT2D eigenvalue weighted by atomic mass is 10.1. The third kappa shape index (κ3) is 4.02. The fraction of sp³-hybridized carbons (Fsp3) is 0.346. The van der Waals surface area contributed by atoms with Crippen LogP contribution < -0.4 is 10.1 Å². The first-order valence-corrected chi connectivity index (χ1v) is 13.4. The molecule has 3 aromatic heterocycles. The lowest BCUT2D eigenvalue weighted by molar-refractivity contribution is 0.0700. The van der Waals surface area contributed by atoms with Gasteiger partial charge in [0, 0.05) is 36.4 Å². The van der Waals surface area contributed by atoms with Crippen LogP contribution in [-0.4, -0.2) is 45.4 Å². The van der Waals surface area contributed by atoms with Crippen molar-refractivity contribution in [3.8, 4) is 16.2 Å². The van der Waals surface area contributed by atoms with Gasteiger partial charge in [0.05, 0.1) is 15.9 Å². The van der Waals surface area contributed by atoms with Gasteiger partial charge in [-0.25, -0.2) is 9.78 Å². The molecule has 0 bridgehead atoms. The monoisotopic (exact) mass is 506 g/mol. The Morgan fingerprint density at radius 3 is 2.94 bits per heavy atom. The summed E-state index contributed by atoms with van der Waals surface area (Å²) in [4.78, 5) is 34.7. The zero-order chi connectivity index (χ0) is 24.3. The summed E-state index contributed by atoms with van der Waals surface area (Å²) in [5, 5.41) is 5.75. The summed E-state index contributed by atoms with van der Waals surface area (Å²) < 4.78 is 7.62. The molecule has 0 radical (unpaired) electrons. The van der Waals surface area contributed by atoms with Gasteiger partial charge >= 0.3 is 6.09 Å². The molecule has 1 N–H and O–H groups in total. The van der Waals surface area contributed by atoms with Crippen molar-refractivity contribution in [2.24, 2.45) is 11.8 Å². The summed E-state index contributed by atoms with van der Waals surface area (Å²) in [7, 11) is 0. The largest absolute Gasteiger partial charge is 0.412 e. The van der Waals surface area contributed by atoms with Crippen molar-refractivity contribution in [1.29, 1.82) is 0 Å². The molecule has 35 heavy (non-hydrogen) atoms. The Balaban J connectivity index is 1.18. The van der Waals surface area contributed by atoms with Crippen LogP contribution in [0.4, 0.5) is 4.79 Å². The normalized spacial score (nSPS) is 20.8. The minimum Gasteiger partial charge on any atom is -0.407 e. The minimum atomic E-state index is -0.490. The second-order valence-corrected chi connectivity index (χ2v) is 11.6. The predicted molar refractivity (Wildman–Crippen MR) is 137 cm³/mol. The highest BCUT2D eigenvalue weighted by atomic mass is 32.1. The zero-order valence-corrected chi connectivity index (χ0v) is 21.4. The van der Waals surface area contributed by atoms with E-state index >= 15 is 0 Å². The van der Waals surface area contributed by atoms with E-state index in [4.69, 9.17) is 4.74 Å². The van der Waals surface area contributed by atoms with Gasteiger partial charge in [-0.05, 0) is 44.6 Å². The Bertz CT molecular complexity index is 1450. The summed E-state index contributed by atoms with van der Waals surface area (Å²) in [6, 6.07) is 8.13. The number of likely N-dealkylation sites (tertiary alicyclic amines) is 1. The molecule has 180 valence electrons. The summed E-state index contributed by atoms with van der Waals surface area (Å²) in [5.74, 6) is 1.45. The molecule has 1 aliphatic carbocycles. The number of fused-ring (bicyclic) bond motifs is 2. The SMILES string of the molecule is Cc1cccc(-c2sc(C)nc2C(=O)N2C[C@@H]3C[C@@H]3[C@H]2CNC(=O)Oc2c(C)cn3ccsc23)c1. The third-order valence-electron chi connectivity index (χ3n) is 6.95. The second-order valence-electron chi connectivity index (χ2n) is 9.49. The standard InChI is InChI=1S/C26H26N4O3S2/c1-14-5-4-6-17(9-14)23-21(28-16(3)35-23)24(31)30-13-18-10-19(18)20(30)11-27-26(32)33-22-15(2)12-29-7-8-34-25(22)29/h4-9,12,18-20H,10-11,13H2,1-3H3,(H,27,32)/t18-,19-,20+/m0/s1. The third-order valence-corrected chi connectivity index (χ3v) is 8.85. The van der Waals surface area contributed by atoms with E-state index in [9.17, 15) is 9.59 Å². The Labute approximate surface area is 211 Å². The molecule has 2 fully saturated rings. The number of nitrogens with zero attached hydrogens (tertiary/aromatic N) is 3. The lowest BCUT2D eigenvalue weighted by Gasteiger charge is -2.27. The van der Waals surface area contributed by atoms with E-state index in [1.54, 1.807) is 11.3 Å². The van der Waals surface area contributed by atoms with E-state index < -0.39 is 6.09 Å². The highest BCUT2D eigenvalue weighted by Crippen LogP contribution is 2.50. The number of benzene rings is 1. The Kier molecular flexibility index (Phi) is 5.41. The van der Waals surface area contributed by atoms with Crippen LogP contribution in [0.25, 0.3) is 15.3 Å². The molecule has 0 unspecified atom stereocenters. The van der Waals surface area contributed by atoms with E-state index in [1.165, 1.54) is 11.3 Å². The summed E-state index contributed by atoms with van der Waals surface area (Å²) in [6.45, 7) is 6.99. The number of amides is 2. The highest BCUT2D eigenvalue weighted by molar-refractivity contribution is 7.16. The molecular weight excluding hydrogens is 480 g/mol. The van der Waals surface area contributed by atoms with E-state index in [2.05, 4.69) is 16.4 Å². The minimum absolute atomic E-state index is 0.0516. The number of hydrogen-bond acceptors (Lipinski definition) is 6. The van der Waals surface area contributed by atoms with E-state index in [0.29, 0.717) is 36.4 Å². The molecule has 0 spiro atoms. The molecular formula is C26H26N4O3S2. The van der Waals surface area contributed by atoms with Crippen LogP contribution >= 0.6 is 22.7 Å². The molecule has 3 atom stereocenters. The predicted octanol–water partition coefficient (Wildman–Crippen LogP) is 5.30. The first-order chi connectivity index (χ1) is 16.9. The molecule has 9 heteroatoms. The fourth-order valence-electron chi connectivity index (χ4n) is 5.19. The topological polar surface area (TPSA) is 75.9 Å². The van der Waals surface area contributed by atoms with E-state index in [1.807, 2.05) is 66.0 Å². The maximum Gasteiger partial charge on any atom is 0.412 e. The van der Waals surface area contributed by atoms with Crippen LogP contribution in [-0.2, 0) is 0 Å². The number of piperidine rings is 1.